The molecule has 126 valence electrons. The standard InChI is InChI=1S/C16H30N4O2/c1-11(2)16(7,10-17)19-14(22)12(3)20(8)9-13(21)18-15(4,5)6/h11-12H,9H2,1-8H3,(H,18,21)(H,19,22)/p+1/t12-,16+/m1/s1. The highest BCUT2D eigenvalue weighted by molar-refractivity contribution is 5.82. The van der Waals surface area contributed by atoms with Gasteiger partial charge in [-0.05, 0) is 40.5 Å². The Morgan fingerprint density at radius 2 is 1.64 bits per heavy atom. The molecule has 1 unspecified atom stereocenters. The van der Waals surface area contributed by atoms with Crippen molar-refractivity contribution in [3.8, 4) is 6.07 Å². The Labute approximate surface area is 134 Å². The lowest BCUT2D eigenvalue weighted by Crippen LogP contribution is -3.15. The van der Waals surface area contributed by atoms with Crippen molar-refractivity contribution in [2.45, 2.75) is 65.6 Å². The largest absolute Gasteiger partial charge is 0.347 e. The van der Waals surface area contributed by atoms with Crippen molar-refractivity contribution in [2.24, 2.45) is 5.92 Å². The van der Waals surface area contributed by atoms with Crippen LogP contribution in [0.2, 0.25) is 0 Å². The molecule has 0 aromatic carbocycles. The number of amides is 2. The first-order valence-corrected chi connectivity index (χ1v) is 7.69. The van der Waals surface area contributed by atoms with E-state index in [1.54, 1.807) is 20.9 Å². The molecule has 0 aliphatic heterocycles. The number of nitrogens with zero attached hydrogens (tertiary/aromatic N) is 1. The highest BCUT2D eigenvalue weighted by Crippen LogP contribution is 2.14. The summed E-state index contributed by atoms with van der Waals surface area (Å²) in [4.78, 5) is 25.0. The first-order valence-electron chi connectivity index (χ1n) is 7.69. The van der Waals surface area contributed by atoms with Crippen LogP contribution in [0.1, 0.15) is 48.5 Å². The number of hydrogen-bond acceptors (Lipinski definition) is 3. The Morgan fingerprint density at radius 3 is 2.00 bits per heavy atom. The van der Waals surface area contributed by atoms with E-state index in [0.717, 1.165) is 4.90 Å². The molecule has 0 aliphatic rings. The van der Waals surface area contributed by atoms with E-state index in [9.17, 15) is 14.9 Å². The molecule has 3 N–H and O–H groups in total. The van der Waals surface area contributed by atoms with Crippen molar-refractivity contribution < 1.29 is 14.5 Å². The van der Waals surface area contributed by atoms with Crippen LogP contribution in [0.25, 0.3) is 0 Å². The first-order chi connectivity index (χ1) is 9.82. The van der Waals surface area contributed by atoms with E-state index < -0.39 is 11.6 Å². The fourth-order valence-electron chi connectivity index (χ4n) is 1.76. The molecule has 0 aliphatic carbocycles. The third kappa shape index (κ3) is 6.44. The van der Waals surface area contributed by atoms with Gasteiger partial charge in [0.2, 0.25) is 0 Å². The van der Waals surface area contributed by atoms with Crippen molar-refractivity contribution in [3.05, 3.63) is 0 Å². The predicted molar refractivity (Wildman–Crippen MR) is 86.1 cm³/mol. The van der Waals surface area contributed by atoms with Crippen molar-refractivity contribution in [2.75, 3.05) is 13.6 Å². The fourth-order valence-corrected chi connectivity index (χ4v) is 1.76. The molecule has 0 aromatic rings. The Balaban J connectivity index is 4.70. The molecule has 6 heteroatoms. The van der Waals surface area contributed by atoms with Crippen molar-refractivity contribution in [1.82, 2.24) is 10.6 Å². The molecule has 0 saturated heterocycles. The monoisotopic (exact) mass is 311 g/mol. The zero-order valence-corrected chi connectivity index (χ0v) is 15.1. The van der Waals surface area contributed by atoms with Gasteiger partial charge in [0.25, 0.3) is 11.8 Å². The average Bonchev–Trinajstić information content (AvgIpc) is 2.34. The molecule has 22 heavy (non-hydrogen) atoms. The van der Waals surface area contributed by atoms with E-state index in [2.05, 4.69) is 16.7 Å². The van der Waals surface area contributed by atoms with Gasteiger partial charge in [-0.25, -0.2) is 0 Å². The number of nitrogens with one attached hydrogen (secondary N) is 3. The third-order valence-electron chi connectivity index (χ3n) is 3.86. The fraction of sp³-hybridized carbons (Fsp3) is 0.812. The van der Waals surface area contributed by atoms with Gasteiger partial charge in [-0.1, -0.05) is 13.8 Å². The minimum atomic E-state index is -0.903. The van der Waals surface area contributed by atoms with Crippen molar-refractivity contribution >= 4 is 11.8 Å². The molecule has 0 aromatic heterocycles. The van der Waals surface area contributed by atoms with E-state index in [1.807, 2.05) is 34.6 Å². The second-order valence-electron chi connectivity index (χ2n) is 7.50. The molecule has 6 nitrogen and oxygen atoms in total. The number of carbonyl (C=O) groups excluding carboxylic acids is 2. The molecule has 0 heterocycles. The van der Waals surface area contributed by atoms with Crippen LogP contribution in [-0.2, 0) is 9.59 Å². The quantitative estimate of drug-likeness (QED) is 0.638. The summed E-state index contributed by atoms with van der Waals surface area (Å²) in [5, 5.41) is 14.9. The lowest BCUT2D eigenvalue weighted by molar-refractivity contribution is -0.886. The van der Waals surface area contributed by atoms with Crippen LogP contribution in [0.5, 0.6) is 0 Å². The van der Waals surface area contributed by atoms with Gasteiger partial charge in [0, 0.05) is 5.54 Å². The van der Waals surface area contributed by atoms with Crippen LogP contribution in [0, 0.1) is 17.2 Å². The normalized spacial score (nSPS) is 17.1. The zero-order chi connectivity index (χ0) is 17.7. The van der Waals surface area contributed by atoms with Crippen LogP contribution < -0.4 is 15.5 Å². The van der Waals surface area contributed by atoms with Gasteiger partial charge in [-0.15, -0.1) is 0 Å². The van der Waals surface area contributed by atoms with Crippen LogP contribution in [-0.4, -0.2) is 42.5 Å². The summed E-state index contributed by atoms with van der Waals surface area (Å²) < 4.78 is 0. The maximum atomic E-state index is 12.3. The summed E-state index contributed by atoms with van der Waals surface area (Å²) in [6.45, 7) is 13.2. The Bertz CT molecular complexity index is 448. The second-order valence-corrected chi connectivity index (χ2v) is 7.50. The van der Waals surface area contributed by atoms with Crippen LogP contribution in [0.4, 0.5) is 0 Å². The minimum absolute atomic E-state index is 0.00172. The maximum Gasteiger partial charge on any atom is 0.279 e. The topological polar surface area (TPSA) is 86.4 Å². The molecule has 0 bridgehead atoms. The maximum absolute atomic E-state index is 12.3. The first kappa shape index (κ1) is 20.4. The van der Waals surface area contributed by atoms with Gasteiger partial charge >= 0.3 is 0 Å². The molecule has 0 fully saturated rings. The number of nitriles is 1. The molecule has 3 atom stereocenters. The number of rotatable bonds is 6. The van der Waals surface area contributed by atoms with Crippen molar-refractivity contribution in [1.29, 1.82) is 5.26 Å². The summed E-state index contributed by atoms with van der Waals surface area (Å²) in [6.07, 6.45) is 0. The van der Waals surface area contributed by atoms with E-state index in [0.29, 0.717) is 0 Å². The van der Waals surface area contributed by atoms with E-state index >= 15 is 0 Å². The highest BCUT2D eigenvalue weighted by Gasteiger charge is 2.34. The van der Waals surface area contributed by atoms with Crippen molar-refractivity contribution in [3.63, 3.8) is 0 Å². The number of likely N-dealkylation sites (N-methyl/N-ethyl adjacent to an activating group) is 1. The SMILES string of the molecule is CC(C)[C@](C)(C#N)NC(=O)[C@@H](C)[NH+](C)CC(=O)NC(C)(C)C. The molecule has 2 amide bonds. The smallest absolute Gasteiger partial charge is 0.279 e. The Hall–Kier alpha value is -1.61. The van der Waals surface area contributed by atoms with Crippen LogP contribution in [0.3, 0.4) is 0 Å². The summed E-state index contributed by atoms with van der Waals surface area (Å²) in [7, 11) is 1.80. The van der Waals surface area contributed by atoms with Gasteiger partial charge in [0.15, 0.2) is 12.6 Å². The third-order valence-corrected chi connectivity index (χ3v) is 3.86. The highest BCUT2D eigenvalue weighted by atomic mass is 16.2. The van der Waals surface area contributed by atoms with Gasteiger partial charge in [0.1, 0.15) is 5.54 Å². The van der Waals surface area contributed by atoms with Gasteiger partial charge < -0.3 is 15.5 Å². The Kier molecular flexibility index (Phi) is 7.04. The number of carbonyl (C=O) groups is 2. The van der Waals surface area contributed by atoms with Crippen LogP contribution >= 0.6 is 0 Å². The number of hydrogen-bond donors (Lipinski definition) is 3. The minimum Gasteiger partial charge on any atom is -0.347 e. The Morgan fingerprint density at radius 1 is 1.14 bits per heavy atom. The number of quaternary nitrogens is 1. The van der Waals surface area contributed by atoms with E-state index in [-0.39, 0.29) is 29.8 Å². The summed E-state index contributed by atoms with van der Waals surface area (Å²) in [6, 6.07) is 1.73. The average molecular weight is 311 g/mol. The van der Waals surface area contributed by atoms with E-state index in [4.69, 9.17) is 0 Å². The second kappa shape index (κ2) is 7.59. The summed E-state index contributed by atoms with van der Waals surface area (Å²) in [5.41, 5.74) is -1.20. The molecule has 0 spiro atoms. The van der Waals surface area contributed by atoms with E-state index in [1.165, 1.54) is 0 Å². The molecule has 0 radical (unpaired) electrons. The lowest BCUT2D eigenvalue weighted by atomic mass is 9.90. The molecular weight excluding hydrogens is 280 g/mol. The molecular formula is C16H31N4O2+. The van der Waals surface area contributed by atoms with Gasteiger partial charge in [0.05, 0.1) is 13.1 Å². The zero-order valence-electron chi connectivity index (χ0n) is 15.1. The predicted octanol–water partition coefficient (Wildman–Crippen LogP) is -0.141. The summed E-state index contributed by atoms with van der Waals surface area (Å²) in [5.74, 6) is -0.325. The van der Waals surface area contributed by atoms with Gasteiger partial charge in [-0.2, -0.15) is 5.26 Å². The summed E-state index contributed by atoms with van der Waals surface area (Å²) >= 11 is 0. The van der Waals surface area contributed by atoms with Gasteiger partial charge in [-0.3, -0.25) is 9.59 Å². The van der Waals surface area contributed by atoms with Crippen LogP contribution in [0.15, 0.2) is 0 Å². The lowest BCUT2D eigenvalue weighted by Gasteiger charge is -2.30. The molecule has 0 saturated carbocycles. The molecule has 0 rings (SSSR count).